The van der Waals surface area contributed by atoms with Crippen molar-refractivity contribution in [2.75, 3.05) is 18.0 Å². The SMILES string of the molecule is CC(C)NCc1ccc(N2CCCC2)c(F)c1. The predicted molar refractivity (Wildman–Crippen MR) is 69.8 cm³/mol. The zero-order valence-corrected chi connectivity index (χ0v) is 10.7. The molecular formula is C14H21FN2. The normalized spacial score (nSPS) is 15.9. The van der Waals surface area contributed by atoms with Crippen molar-refractivity contribution >= 4 is 5.69 Å². The second-order valence-electron chi connectivity index (χ2n) is 5.02. The predicted octanol–water partition coefficient (Wildman–Crippen LogP) is 2.92. The molecule has 2 nitrogen and oxygen atoms in total. The smallest absolute Gasteiger partial charge is 0.146 e. The van der Waals surface area contributed by atoms with E-state index in [4.69, 9.17) is 0 Å². The van der Waals surface area contributed by atoms with Gasteiger partial charge in [0.05, 0.1) is 5.69 Å². The minimum Gasteiger partial charge on any atom is -0.369 e. The number of hydrogen-bond acceptors (Lipinski definition) is 2. The lowest BCUT2D eigenvalue weighted by Gasteiger charge is -2.19. The summed E-state index contributed by atoms with van der Waals surface area (Å²) in [6.07, 6.45) is 2.35. The van der Waals surface area contributed by atoms with Gasteiger partial charge in [-0.3, -0.25) is 0 Å². The quantitative estimate of drug-likeness (QED) is 0.864. The highest BCUT2D eigenvalue weighted by molar-refractivity contribution is 5.49. The van der Waals surface area contributed by atoms with Crippen LogP contribution in [0.1, 0.15) is 32.3 Å². The summed E-state index contributed by atoms with van der Waals surface area (Å²) in [7, 11) is 0. The van der Waals surface area contributed by atoms with Crippen molar-refractivity contribution in [1.29, 1.82) is 0 Å². The molecule has 0 unspecified atom stereocenters. The number of hydrogen-bond donors (Lipinski definition) is 1. The monoisotopic (exact) mass is 236 g/mol. The lowest BCUT2D eigenvalue weighted by atomic mass is 10.1. The van der Waals surface area contributed by atoms with Crippen LogP contribution >= 0.6 is 0 Å². The fourth-order valence-corrected chi connectivity index (χ4v) is 2.20. The molecule has 0 bridgehead atoms. The van der Waals surface area contributed by atoms with Crippen LogP contribution in [0.4, 0.5) is 10.1 Å². The van der Waals surface area contributed by atoms with Crippen molar-refractivity contribution < 1.29 is 4.39 Å². The average Bonchev–Trinajstić information content (AvgIpc) is 2.79. The van der Waals surface area contributed by atoms with Crippen LogP contribution in [0.5, 0.6) is 0 Å². The molecule has 1 aromatic carbocycles. The van der Waals surface area contributed by atoms with Gasteiger partial charge in [-0.2, -0.15) is 0 Å². The Morgan fingerprint density at radius 2 is 2.00 bits per heavy atom. The molecule has 0 aromatic heterocycles. The summed E-state index contributed by atoms with van der Waals surface area (Å²) in [5.41, 5.74) is 1.77. The molecule has 1 saturated heterocycles. The Kier molecular flexibility index (Phi) is 4.00. The van der Waals surface area contributed by atoms with E-state index in [1.807, 2.05) is 12.1 Å². The summed E-state index contributed by atoms with van der Waals surface area (Å²) >= 11 is 0. The van der Waals surface area contributed by atoms with Crippen molar-refractivity contribution in [2.24, 2.45) is 0 Å². The van der Waals surface area contributed by atoms with Crippen LogP contribution < -0.4 is 10.2 Å². The van der Waals surface area contributed by atoms with Gasteiger partial charge in [-0.05, 0) is 30.5 Å². The standard InChI is InChI=1S/C14H21FN2/c1-11(2)16-10-12-5-6-14(13(15)9-12)17-7-3-4-8-17/h5-6,9,11,16H,3-4,7-8,10H2,1-2H3. The van der Waals surface area contributed by atoms with E-state index >= 15 is 0 Å². The van der Waals surface area contributed by atoms with E-state index in [2.05, 4.69) is 24.1 Å². The van der Waals surface area contributed by atoms with Crippen LogP contribution in [-0.2, 0) is 6.54 Å². The first-order valence-electron chi connectivity index (χ1n) is 6.43. The summed E-state index contributed by atoms with van der Waals surface area (Å²) in [4.78, 5) is 2.13. The summed E-state index contributed by atoms with van der Waals surface area (Å²) < 4.78 is 14.0. The minimum absolute atomic E-state index is 0.0880. The van der Waals surface area contributed by atoms with Crippen LogP contribution in [0.2, 0.25) is 0 Å². The Balaban J connectivity index is 2.05. The van der Waals surface area contributed by atoms with Gasteiger partial charge in [-0.15, -0.1) is 0 Å². The molecule has 0 saturated carbocycles. The molecule has 17 heavy (non-hydrogen) atoms. The number of rotatable bonds is 4. The summed E-state index contributed by atoms with van der Waals surface area (Å²) in [6.45, 7) is 6.89. The topological polar surface area (TPSA) is 15.3 Å². The first-order valence-corrected chi connectivity index (χ1v) is 6.43. The van der Waals surface area contributed by atoms with Crippen molar-refractivity contribution in [3.63, 3.8) is 0 Å². The largest absolute Gasteiger partial charge is 0.369 e. The highest BCUT2D eigenvalue weighted by atomic mass is 19.1. The maximum absolute atomic E-state index is 14.0. The number of benzene rings is 1. The summed E-state index contributed by atoms with van der Waals surface area (Å²) in [5.74, 6) is -0.0880. The van der Waals surface area contributed by atoms with E-state index < -0.39 is 0 Å². The molecule has 2 rings (SSSR count). The maximum atomic E-state index is 14.0. The average molecular weight is 236 g/mol. The molecule has 1 aromatic rings. The van der Waals surface area contributed by atoms with Crippen LogP contribution in [0.15, 0.2) is 18.2 Å². The number of nitrogens with zero attached hydrogens (tertiary/aromatic N) is 1. The van der Waals surface area contributed by atoms with Gasteiger partial charge in [-0.25, -0.2) is 4.39 Å². The van der Waals surface area contributed by atoms with E-state index in [9.17, 15) is 4.39 Å². The molecule has 94 valence electrons. The third-order valence-corrected chi connectivity index (χ3v) is 3.17. The fraction of sp³-hybridized carbons (Fsp3) is 0.571. The van der Waals surface area contributed by atoms with Crippen molar-refractivity contribution in [3.05, 3.63) is 29.6 Å². The van der Waals surface area contributed by atoms with Crippen molar-refractivity contribution in [2.45, 2.75) is 39.3 Å². The van der Waals surface area contributed by atoms with Gasteiger partial charge in [0.15, 0.2) is 0 Å². The molecule has 1 aliphatic heterocycles. The van der Waals surface area contributed by atoms with Gasteiger partial charge in [0.1, 0.15) is 5.82 Å². The first kappa shape index (κ1) is 12.4. The van der Waals surface area contributed by atoms with Gasteiger partial charge in [0.2, 0.25) is 0 Å². The van der Waals surface area contributed by atoms with Gasteiger partial charge in [-0.1, -0.05) is 19.9 Å². The maximum Gasteiger partial charge on any atom is 0.146 e. The van der Waals surface area contributed by atoms with E-state index in [0.29, 0.717) is 6.04 Å². The van der Waals surface area contributed by atoms with E-state index in [1.165, 1.54) is 12.8 Å². The molecule has 1 heterocycles. The fourth-order valence-electron chi connectivity index (χ4n) is 2.20. The summed E-state index contributed by atoms with van der Waals surface area (Å²) in [5, 5.41) is 3.30. The zero-order chi connectivity index (χ0) is 12.3. The van der Waals surface area contributed by atoms with E-state index in [-0.39, 0.29) is 5.82 Å². The van der Waals surface area contributed by atoms with Gasteiger partial charge >= 0.3 is 0 Å². The van der Waals surface area contributed by atoms with E-state index in [1.54, 1.807) is 6.07 Å². The molecule has 0 spiro atoms. The Hall–Kier alpha value is -1.09. The first-order chi connectivity index (χ1) is 8.16. The van der Waals surface area contributed by atoms with Crippen LogP contribution in [-0.4, -0.2) is 19.1 Å². The third kappa shape index (κ3) is 3.19. The molecule has 3 heteroatoms. The van der Waals surface area contributed by atoms with Crippen molar-refractivity contribution in [1.82, 2.24) is 5.32 Å². The van der Waals surface area contributed by atoms with E-state index in [0.717, 1.165) is 30.9 Å². The summed E-state index contributed by atoms with van der Waals surface area (Å²) in [6, 6.07) is 6.02. The highest BCUT2D eigenvalue weighted by Crippen LogP contribution is 2.24. The number of anilines is 1. The molecule has 0 amide bonds. The van der Waals surface area contributed by atoms with Gasteiger partial charge in [0.25, 0.3) is 0 Å². The number of halogens is 1. The van der Waals surface area contributed by atoms with Crippen LogP contribution in [0.3, 0.4) is 0 Å². The van der Waals surface area contributed by atoms with Gasteiger partial charge < -0.3 is 10.2 Å². The molecule has 1 aliphatic rings. The highest BCUT2D eigenvalue weighted by Gasteiger charge is 2.15. The lowest BCUT2D eigenvalue weighted by Crippen LogP contribution is -2.22. The Morgan fingerprint density at radius 1 is 1.29 bits per heavy atom. The van der Waals surface area contributed by atoms with Crippen molar-refractivity contribution in [3.8, 4) is 0 Å². The molecule has 1 fully saturated rings. The molecule has 1 N–H and O–H groups in total. The Labute approximate surface area is 103 Å². The second kappa shape index (κ2) is 5.50. The molecule has 0 atom stereocenters. The lowest BCUT2D eigenvalue weighted by molar-refractivity contribution is 0.581. The van der Waals surface area contributed by atoms with Crippen LogP contribution in [0.25, 0.3) is 0 Å². The zero-order valence-electron chi connectivity index (χ0n) is 10.7. The minimum atomic E-state index is -0.0880. The third-order valence-electron chi connectivity index (χ3n) is 3.17. The molecular weight excluding hydrogens is 215 g/mol. The molecule has 0 aliphatic carbocycles. The Bertz CT molecular complexity index is 370. The Morgan fingerprint density at radius 3 is 2.59 bits per heavy atom. The molecule has 0 radical (unpaired) electrons. The van der Waals surface area contributed by atoms with Gasteiger partial charge in [0, 0.05) is 25.7 Å². The van der Waals surface area contributed by atoms with Crippen LogP contribution in [0, 0.1) is 5.82 Å². The second-order valence-corrected chi connectivity index (χ2v) is 5.02. The number of nitrogens with one attached hydrogen (secondary N) is 1.